The van der Waals surface area contributed by atoms with Crippen molar-refractivity contribution in [3.05, 3.63) is 35.5 Å². The fourth-order valence-corrected chi connectivity index (χ4v) is 1.81. The van der Waals surface area contributed by atoms with Gasteiger partial charge in [-0.15, -0.1) is 0 Å². The maximum atomic E-state index is 11.1. The second kappa shape index (κ2) is 4.97. The smallest absolute Gasteiger partial charge is 0.359 e. The summed E-state index contributed by atoms with van der Waals surface area (Å²) in [6, 6.07) is 6.22. The maximum absolute atomic E-state index is 11.1. The van der Waals surface area contributed by atoms with E-state index in [0.29, 0.717) is 15.9 Å². The molecule has 0 saturated heterocycles. The number of hydrogen-bond donors (Lipinski definition) is 2. The third kappa shape index (κ3) is 2.25. The molecule has 0 spiro atoms. The van der Waals surface area contributed by atoms with Gasteiger partial charge in [0.1, 0.15) is 11.3 Å². The number of fused-ring (bicyclic) bond motifs is 1. The van der Waals surface area contributed by atoms with Gasteiger partial charge in [-0.2, -0.15) is 0 Å². The molecular weight excluding hydrogens is 286 g/mol. The molecule has 0 bridgehead atoms. The zero-order valence-corrected chi connectivity index (χ0v) is 11.1. The Balaban J connectivity index is 2.57. The first-order valence-electron chi connectivity index (χ1n) is 5.55. The second-order valence-corrected chi connectivity index (χ2v) is 4.60. The van der Waals surface area contributed by atoms with Crippen LogP contribution in [0.1, 0.15) is 6.92 Å². The summed E-state index contributed by atoms with van der Waals surface area (Å²) in [5.74, 6) is -3.18. The van der Waals surface area contributed by atoms with E-state index in [9.17, 15) is 9.59 Å². The van der Waals surface area contributed by atoms with Gasteiger partial charge in [0, 0.05) is 11.6 Å². The minimum atomic E-state index is -2.40. The predicted octanol–water partition coefficient (Wildman–Crippen LogP) is 2.19. The molecule has 0 atom stereocenters. The lowest BCUT2D eigenvalue weighted by molar-refractivity contribution is -0.170. The van der Waals surface area contributed by atoms with Crippen LogP contribution in [0.4, 0.5) is 0 Å². The van der Waals surface area contributed by atoms with E-state index in [-0.39, 0.29) is 5.75 Å². The van der Waals surface area contributed by atoms with Gasteiger partial charge < -0.3 is 14.9 Å². The van der Waals surface area contributed by atoms with Crippen LogP contribution < -0.4 is 4.74 Å². The standard InChI is InChI=1S/C13H10ClNO5/c1-13(11(16)17,12(18)19)20-9-5-4-8(14)7-3-2-6-15-10(7)9/h2-6H,1H3,(H,16,17)(H,18,19). The van der Waals surface area contributed by atoms with Crippen molar-refractivity contribution >= 4 is 34.4 Å². The first kappa shape index (κ1) is 14.1. The zero-order valence-electron chi connectivity index (χ0n) is 10.3. The van der Waals surface area contributed by atoms with E-state index in [4.69, 9.17) is 26.6 Å². The van der Waals surface area contributed by atoms with E-state index in [1.54, 1.807) is 12.1 Å². The topological polar surface area (TPSA) is 96.7 Å². The molecular formula is C13H10ClNO5. The van der Waals surface area contributed by atoms with Gasteiger partial charge >= 0.3 is 11.9 Å². The molecule has 1 heterocycles. The zero-order chi connectivity index (χ0) is 14.9. The summed E-state index contributed by atoms with van der Waals surface area (Å²) in [7, 11) is 0. The summed E-state index contributed by atoms with van der Waals surface area (Å²) in [4.78, 5) is 26.3. The van der Waals surface area contributed by atoms with Gasteiger partial charge in [0.15, 0.2) is 0 Å². The van der Waals surface area contributed by atoms with Crippen molar-refractivity contribution in [1.82, 2.24) is 4.98 Å². The summed E-state index contributed by atoms with van der Waals surface area (Å²) >= 11 is 6.00. The lowest BCUT2D eigenvalue weighted by Gasteiger charge is -2.22. The molecule has 104 valence electrons. The molecule has 2 aromatic rings. The Morgan fingerprint density at radius 3 is 2.50 bits per heavy atom. The Bertz CT molecular complexity index is 686. The summed E-state index contributed by atoms with van der Waals surface area (Å²) in [5.41, 5.74) is -2.10. The SMILES string of the molecule is CC(Oc1ccc(Cl)c2cccnc12)(C(=O)O)C(=O)O. The third-order valence-corrected chi connectivity index (χ3v) is 3.14. The molecule has 0 radical (unpaired) electrons. The Hall–Kier alpha value is -2.34. The van der Waals surface area contributed by atoms with Gasteiger partial charge in [-0.1, -0.05) is 11.6 Å². The normalized spacial score (nSPS) is 11.3. The lowest BCUT2D eigenvalue weighted by atomic mass is 10.1. The van der Waals surface area contributed by atoms with E-state index in [1.807, 2.05) is 0 Å². The van der Waals surface area contributed by atoms with Gasteiger partial charge in [-0.25, -0.2) is 9.59 Å². The van der Waals surface area contributed by atoms with Crippen LogP contribution in [-0.4, -0.2) is 32.7 Å². The third-order valence-electron chi connectivity index (χ3n) is 2.81. The van der Waals surface area contributed by atoms with E-state index in [0.717, 1.165) is 6.92 Å². The molecule has 0 saturated carbocycles. The highest BCUT2D eigenvalue weighted by atomic mass is 35.5. The van der Waals surface area contributed by atoms with Crippen LogP contribution in [0.25, 0.3) is 10.9 Å². The van der Waals surface area contributed by atoms with Crippen molar-refractivity contribution in [2.75, 3.05) is 0 Å². The van der Waals surface area contributed by atoms with E-state index in [1.165, 1.54) is 18.3 Å². The number of pyridine rings is 1. The van der Waals surface area contributed by atoms with Gasteiger partial charge in [0.2, 0.25) is 0 Å². The number of ether oxygens (including phenoxy) is 1. The molecule has 0 unspecified atom stereocenters. The minimum Gasteiger partial charge on any atom is -0.478 e. The average Bonchev–Trinajstić information content (AvgIpc) is 2.41. The van der Waals surface area contributed by atoms with Crippen LogP contribution in [0.15, 0.2) is 30.5 Å². The van der Waals surface area contributed by atoms with Crippen molar-refractivity contribution in [3.63, 3.8) is 0 Å². The van der Waals surface area contributed by atoms with Crippen molar-refractivity contribution in [3.8, 4) is 5.75 Å². The summed E-state index contributed by atoms with van der Waals surface area (Å²) in [5, 5.41) is 19.0. The molecule has 7 heteroatoms. The molecule has 20 heavy (non-hydrogen) atoms. The molecule has 1 aromatic heterocycles. The predicted molar refractivity (Wildman–Crippen MR) is 71.1 cm³/mol. The monoisotopic (exact) mass is 295 g/mol. The fraction of sp³-hybridized carbons (Fsp3) is 0.154. The molecule has 0 aliphatic rings. The number of hydrogen-bond acceptors (Lipinski definition) is 4. The molecule has 2 N–H and O–H groups in total. The summed E-state index contributed by atoms with van der Waals surface area (Å²) in [6.07, 6.45) is 1.48. The average molecular weight is 296 g/mol. The fourth-order valence-electron chi connectivity index (χ4n) is 1.59. The van der Waals surface area contributed by atoms with E-state index >= 15 is 0 Å². The van der Waals surface area contributed by atoms with Gasteiger partial charge in [-0.3, -0.25) is 4.98 Å². The van der Waals surface area contributed by atoms with E-state index < -0.39 is 17.5 Å². The number of nitrogens with zero attached hydrogens (tertiary/aromatic N) is 1. The minimum absolute atomic E-state index is 0.0392. The Morgan fingerprint density at radius 2 is 1.90 bits per heavy atom. The van der Waals surface area contributed by atoms with Crippen LogP contribution in [0.2, 0.25) is 5.02 Å². The van der Waals surface area contributed by atoms with E-state index in [2.05, 4.69) is 4.98 Å². The number of benzene rings is 1. The Kier molecular flexibility index (Phi) is 3.50. The quantitative estimate of drug-likeness (QED) is 0.839. The largest absolute Gasteiger partial charge is 0.478 e. The molecule has 0 amide bonds. The number of carbonyl (C=O) groups is 2. The first-order valence-corrected chi connectivity index (χ1v) is 5.93. The number of aliphatic carboxylic acids is 2. The Morgan fingerprint density at radius 1 is 1.25 bits per heavy atom. The summed E-state index contributed by atoms with van der Waals surface area (Å²) < 4.78 is 5.17. The number of aromatic nitrogens is 1. The van der Waals surface area contributed by atoms with Crippen LogP contribution in [0, 0.1) is 0 Å². The van der Waals surface area contributed by atoms with Crippen molar-refractivity contribution < 1.29 is 24.5 Å². The van der Waals surface area contributed by atoms with Gasteiger partial charge in [0.25, 0.3) is 5.60 Å². The molecule has 2 rings (SSSR count). The Labute approximate surface area is 118 Å². The molecule has 0 aliphatic carbocycles. The highest BCUT2D eigenvalue weighted by molar-refractivity contribution is 6.35. The highest BCUT2D eigenvalue weighted by Crippen LogP contribution is 2.31. The number of halogens is 1. The lowest BCUT2D eigenvalue weighted by Crippen LogP contribution is -2.49. The number of carboxylic acid groups (broad SMARTS) is 2. The van der Waals surface area contributed by atoms with Crippen LogP contribution in [-0.2, 0) is 9.59 Å². The first-order chi connectivity index (χ1) is 9.36. The number of carboxylic acids is 2. The highest BCUT2D eigenvalue weighted by Gasteiger charge is 2.45. The molecule has 1 aromatic carbocycles. The van der Waals surface area contributed by atoms with Gasteiger partial charge in [0.05, 0.1) is 5.02 Å². The van der Waals surface area contributed by atoms with Crippen molar-refractivity contribution in [2.24, 2.45) is 0 Å². The summed E-state index contributed by atoms with van der Waals surface area (Å²) in [6.45, 7) is 0.959. The van der Waals surface area contributed by atoms with Crippen LogP contribution >= 0.6 is 11.6 Å². The van der Waals surface area contributed by atoms with Crippen LogP contribution in [0.3, 0.4) is 0 Å². The number of rotatable bonds is 4. The van der Waals surface area contributed by atoms with Gasteiger partial charge in [-0.05, 0) is 31.2 Å². The van der Waals surface area contributed by atoms with Crippen molar-refractivity contribution in [1.29, 1.82) is 0 Å². The molecule has 6 nitrogen and oxygen atoms in total. The van der Waals surface area contributed by atoms with Crippen LogP contribution in [0.5, 0.6) is 5.75 Å². The molecule has 0 aliphatic heterocycles. The maximum Gasteiger partial charge on any atom is 0.359 e. The van der Waals surface area contributed by atoms with Crippen molar-refractivity contribution in [2.45, 2.75) is 12.5 Å². The molecule has 0 fully saturated rings. The second-order valence-electron chi connectivity index (χ2n) is 4.19.